The minimum Gasteiger partial charge on any atom is -0.478 e. The number of nitrogens with zero attached hydrogens (tertiary/aromatic N) is 3. The predicted octanol–water partition coefficient (Wildman–Crippen LogP) is 4.57. The van der Waals surface area contributed by atoms with Crippen molar-refractivity contribution in [2.75, 3.05) is 5.32 Å². The number of aromatic nitrogens is 2. The number of hydrogen-bond acceptors (Lipinski definition) is 6. The molecule has 0 radical (unpaired) electrons. The van der Waals surface area contributed by atoms with Crippen molar-refractivity contribution in [1.29, 1.82) is 0 Å². The minimum atomic E-state index is -1.00. The molecule has 1 aliphatic heterocycles. The van der Waals surface area contributed by atoms with E-state index in [1.807, 2.05) is 12.1 Å². The van der Waals surface area contributed by atoms with E-state index in [1.54, 1.807) is 42.6 Å². The molecule has 2 heterocycles. The molecule has 4 aromatic rings. The monoisotopic (exact) mass is 454 g/mol. The molecule has 0 amide bonds. The van der Waals surface area contributed by atoms with E-state index in [-0.39, 0.29) is 24.5 Å². The highest BCUT2D eigenvalue weighted by molar-refractivity contribution is 6.17. The zero-order valence-corrected chi connectivity index (χ0v) is 17.9. The van der Waals surface area contributed by atoms with Crippen molar-refractivity contribution in [2.45, 2.75) is 13.2 Å². The van der Waals surface area contributed by atoms with Crippen LogP contribution in [0.2, 0.25) is 0 Å². The van der Waals surface area contributed by atoms with E-state index in [4.69, 9.17) is 15.1 Å². The van der Waals surface area contributed by atoms with Crippen LogP contribution >= 0.6 is 0 Å². The van der Waals surface area contributed by atoms with E-state index in [1.165, 1.54) is 18.2 Å². The Kier molecular flexibility index (Phi) is 5.57. The fourth-order valence-corrected chi connectivity index (χ4v) is 3.87. The number of fused-ring (bicyclic) bond motifs is 3. The van der Waals surface area contributed by atoms with Gasteiger partial charge in [0.1, 0.15) is 5.82 Å². The molecule has 0 unspecified atom stereocenters. The second-order valence-corrected chi connectivity index (χ2v) is 7.76. The summed E-state index contributed by atoms with van der Waals surface area (Å²) in [6.07, 6.45) is 1.67. The van der Waals surface area contributed by atoms with Crippen molar-refractivity contribution in [3.8, 4) is 11.3 Å². The summed E-state index contributed by atoms with van der Waals surface area (Å²) in [5.74, 6) is -1.06. The lowest BCUT2D eigenvalue weighted by molar-refractivity contribution is 0.0697. The Labute approximate surface area is 194 Å². The summed E-state index contributed by atoms with van der Waals surface area (Å²) in [6, 6.07) is 18.2. The Balaban J connectivity index is 1.59. The first-order chi connectivity index (χ1) is 16.5. The molecule has 0 saturated heterocycles. The first-order valence-electron chi connectivity index (χ1n) is 10.5. The molecule has 168 valence electrons. The fourth-order valence-electron chi connectivity index (χ4n) is 3.87. The molecule has 5 rings (SSSR count). The second kappa shape index (κ2) is 8.84. The van der Waals surface area contributed by atoms with Gasteiger partial charge in [-0.1, -0.05) is 24.3 Å². The van der Waals surface area contributed by atoms with E-state index in [0.29, 0.717) is 45.3 Å². The molecule has 0 aliphatic carbocycles. The van der Waals surface area contributed by atoms with Gasteiger partial charge in [0, 0.05) is 34.1 Å². The molecule has 3 aromatic carbocycles. The lowest BCUT2D eigenvalue weighted by atomic mass is 9.93. The van der Waals surface area contributed by atoms with Crippen LogP contribution in [0.4, 0.5) is 16.0 Å². The maximum atomic E-state index is 14.7. The van der Waals surface area contributed by atoms with E-state index >= 15 is 0 Å². The molecule has 1 aromatic heterocycles. The predicted molar refractivity (Wildman–Crippen MR) is 126 cm³/mol. The minimum absolute atomic E-state index is 0.152. The number of benzene rings is 3. The highest BCUT2D eigenvalue weighted by atomic mass is 19.1. The molecular weight excluding hydrogens is 435 g/mol. The van der Waals surface area contributed by atoms with Gasteiger partial charge in [0.25, 0.3) is 0 Å². The fraction of sp³-hybridized carbons (Fsp3) is 0.0769. The number of halogens is 1. The van der Waals surface area contributed by atoms with E-state index in [2.05, 4.69) is 10.3 Å². The normalized spacial score (nSPS) is 12.2. The molecule has 0 saturated carbocycles. The maximum absolute atomic E-state index is 14.7. The standard InChI is InChI=1S/C26H19FN4O3/c27-22-4-2-1-3-20(22)24-19-10-5-15(14-32)11-21(19)23-17(12-28-24)13-29-26(31-23)30-18-8-6-16(7-9-18)25(33)34/h1-11,13,32H,12,14H2,(H,33,34)(H,29,30,31). The van der Waals surface area contributed by atoms with Gasteiger partial charge in [0.05, 0.1) is 30.1 Å². The number of carboxylic acids is 1. The van der Waals surface area contributed by atoms with Gasteiger partial charge in [-0.05, 0) is 48.0 Å². The van der Waals surface area contributed by atoms with Crippen LogP contribution in [0.5, 0.6) is 0 Å². The van der Waals surface area contributed by atoms with Crippen LogP contribution in [0.1, 0.15) is 32.6 Å². The van der Waals surface area contributed by atoms with Gasteiger partial charge >= 0.3 is 5.97 Å². The summed E-state index contributed by atoms with van der Waals surface area (Å²) in [6.45, 7) is 0.108. The molecule has 3 N–H and O–H groups in total. The van der Waals surface area contributed by atoms with Crippen LogP contribution in [0, 0.1) is 5.82 Å². The van der Waals surface area contributed by atoms with Crippen molar-refractivity contribution < 1.29 is 19.4 Å². The summed E-state index contributed by atoms with van der Waals surface area (Å²) < 4.78 is 14.7. The van der Waals surface area contributed by atoms with Gasteiger partial charge < -0.3 is 15.5 Å². The number of aliphatic hydroxyl groups excluding tert-OH is 1. The summed E-state index contributed by atoms with van der Waals surface area (Å²) in [7, 11) is 0. The van der Waals surface area contributed by atoms with Crippen molar-refractivity contribution in [2.24, 2.45) is 4.99 Å². The summed E-state index contributed by atoms with van der Waals surface area (Å²) >= 11 is 0. The highest BCUT2D eigenvalue weighted by Gasteiger charge is 2.23. The molecule has 1 aliphatic rings. The summed E-state index contributed by atoms with van der Waals surface area (Å²) in [5.41, 5.74) is 5.20. The number of rotatable bonds is 5. The van der Waals surface area contributed by atoms with Crippen LogP contribution in [0.15, 0.2) is 77.9 Å². The number of aliphatic hydroxyl groups is 1. The molecule has 34 heavy (non-hydrogen) atoms. The molecule has 0 atom stereocenters. The molecule has 7 nitrogen and oxygen atoms in total. The number of anilines is 2. The number of carbonyl (C=O) groups is 1. The average molecular weight is 454 g/mol. The first kappa shape index (κ1) is 21.4. The number of hydrogen-bond donors (Lipinski definition) is 3. The van der Waals surface area contributed by atoms with Crippen molar-refractivity contribution in [3.63, 3.8) is 0 Å². The van der Waals surface area contributed by atoms with E-state index < -0.39 is 5.97 Å². The number of aromatic carboxylic acids is 1. The van der Waals surface area contributed by atoms with Crippen LogP contribution in [-0.2, 0) is 13.2 Å². The second-order valence-electron chi connectivity index (χ2n) is 7.76. The van der Waals surface area contributed by atoms with Crippen LogP contribution < -0.4 is 5.32 Å². The Bertz CT molecular complexity index is 1430. The summed E-state index contributed by atoms with van der Waals surface area (Å²) in [4.78, 5) is 24.9. The van der Waals surface area contributed by atoms with E-state index in [0.717, 1.165) is 5.56 Å². The topological polar surface area (TPSA) is 108 Å². The Morgan fingerprint density at radius 3 is 2.53 bits per heavy atom. The molecule has 8 heteroatoms. The molecular formula is C26H19FN4O3. The average Bonchev–Trinajstić information content (AvgIpc) is 3.01. The molecule has 0 bridgehead atoms. The quantitative estimate of drug-likeness (QED) is 0.408. The highest BCUT2D eigenvalue weighted by Crippen LogP contribution is 2.33. The molecule has 0 spiro atoms. The van der Waals surface area contributed by atoms with Crippen molar-refractivity contribution >= 4 is 23.3 Å². The van der Waals surface area contributed by atoms with Crippen LogP contribution in [-0.4, -0.2) is 31.9 Å². The SMILES string of the molecule is O=C(O)c1ccc(Nc2ncc3c(n2)-c2cc(CO)ccc2C(c2ccccc2F)=NC3)cc1. The Morgan fingerprint density at radius 2 is 1.79 bits per heavy atom. The Morgan fingerprint density at radius 1 is 1.00 bits per heavy atom. The van der Waals surface area contributed by atoms with Crippen LogP contribution in [0.25, 0.3) is 11.3 Å². The van der Waals surface area contributed by atoms with Gasteiger partial charge in [-0.3, -0.25) is 4.99 Å². The van der Waals surface area contributed by atoms with Gasteiger partial charge in [-0.2, -0.15) is 0 Å². The number of nitrogens with one attached hydrogen (secondary N) is 1. The van der Waals surface area contributed by atoms with E-state index in [9.17, 15) is 14.3 Å². The Hall–Kier alpha value is -4.43. The summed E-state index contributed by atoms with van der Waals surface area (Å²) in [5, 5.41) is 21.9. The third-order valence-electron chi connectivity index (χ3n) is 5.57. The lowest BCUT2D eigenvalue weighted by Crippen LogP contribution is -2.08. The largest absolute Gasteiger partial charge is 0.478 e. The van der Waals surface area contributed by atoms with Gasteiger partial charge in [0.2, 0.25) is 5.95 Å². The zero-order chi connectivity index (χ0) is 23.7. The number of carboxylic acid groups (broad SMARTS) is 1. The van der Waals surface area contributed by atoms with Gasteiger partial charge in [-0.15, -0.1) is 0 Å². The zero-order valence-electron chi connectivity index (χ0n) is 17.9. The smallest absolute Gasteiger partial charge is 0.335 e. The third kappa shape index (κ3) is 4.02. The number of aliphatic imine (C=N–C) groups is 1. The van der Waals surface area contributed by atoms with Crippen molar-refractivity contribution in [1.82, 2.24) is 9.97 Å². The van der Waals surface area contributed by atoms with Gasteiger partial charge in [-0.25, -0.2) is 19.2 Å². The lowest BCUT2D eigenvalue weighted by Gasteiger charge is -2.14. The van der Waals surface area contributed by atoms with Crippen LogP contribution in [0.3, 0.4) is 0 Å². The van der Waals surface area contributed by atoms with Gasteiger partial charge in [0.15, 0.2) is 0 Å². The molecule has 0 fully saturated rings. The van der Waals surface area contributed by atoms with Crippen molar-refractivity contribution in [3.05, 3.63) is 107 Å². The third-order valence-corrected chi connectivity index (χ3v) is 5.57. The maximum Gasteiger partial charge on any atom is 0.335 e. The first-order valence-corrected chi connectivity index (χ1v) is 10.5.